The van der Waals surface area contributed by atoms with Crippen LogP contribution in [0.15, 0.2) is 12.3 Å². The smallest absolute Gasteiger partial charge is 0.303 e. The van der Waals surface area contributed by atoms with Crippen LogP contribution in [0.1, 0.15) is 75.3 Å². The molecular formula is C17H27N3O3. The number of nitrogens with zero attached hydrogens (tertiary/aromatic N) is 3. The molecule has 1 fully saturated rings. The summed E-state index contributed by atoms with van der Waals surface area (Å²) < 4.78 is 1.84. The summed E-state index contributed by atoms with van der Waals surface area (Å²) in [5, 5.41) is 13.3. The van der Waals surface area contributed by atoms with Gasteiger partial charge in [-0.05, 0) is 44.6 Å². The van der Waals surface area contributed by atoms with Gasteiger partial charge in [-0.15, -0.1) is 0 Å². The zero-order valence-corrected chi connectivity index (χ0v) is 14.1. The van der Waals surface area contributed by atoms with Gasteiger partial charge in [0.2, 0.25) is 0 Å². The molecule has 0 aliphatic carbocycles. The van der Waals surface area contributed by atoms with Crippen molar-refractivity contribution in [3.63, 3.8) is 0 Å². The van der Waals surface area contributed by atoms with Gasteiger partial charge in [0, 0.05) is 25.2 Å². The number of aromatic nitrogens is 2. The Morgan fingerprint density at radius 1 is 1.35 bits per heavy atom. The van der Waals surface area contributed by atoms with Gasteiger partial charge >= 0.3 is 5.97 Å². The molecule has 1 aliphatic heterocycles. The zero-order chi connectivity index (χ0) is 16.8. The van der Waals surface area contributed by atoms with Crippen molar-refractivity contribution in [3.8, 4) is 0 Å². The molecule has 1 aromatic rings. The monoisotopic (exact) mass is 321 g/mol. The van der Waals surface area contributed by atoms with Gasteiger partial charge in [-0.3, -0.25) is 14.3 Å². The zero-order valence-electron chi connectivity index (χ0n) is 14.1. The summed E-state index contributed by atoms with van der Waals surface area (Å²) in [4.78, 5) is 25.7. The highest BCUT2D eigenvalue weighted by molar-refractivity contribution is 5.93. The van der Waals surface area contributed by atoms with Gasteiger partial charge in [-0.2, -0.15) is 5.10 Å². The van der Waals surface area contributed by atoms with Gasteiger partial charge in [0.05, 0.1) is 6.04 Å². The molecule has 23 heavy (non-hydrogen) atoms. The Hall–Kier alpha value is -1.85. The molecule has 2 rings (SSSR count). The van der Waals surface area contributed by atoms with E-state index in [-0.39, 0.29) is 24.4 Å². The molecule has 0 bridgehead atoms. The highest BCUT2D eigenvalue weighted by atomic mass is 16.4. The first-order chi connectivity index (χ1) is 11.1. The second kappa shape index (κ2) is 8.13. The number of amides is 1. The summed E-state index contributed by atoms with van der Waals surface area (Å²) in [6, 6.07) is 2.03. The van der Waals surface area contributed by atoms with E-state index in [1.807, 2.05) is 9.58 Å². The maximum absolute atomic E-state index is 13.0. The number of piperidine rings is 1. The first-order valence-corrected chi connectivity index (χ1v) is 8.64. The third-order valence-electron chi connectivity index (χ3n) is 4.76. The quantitative estimate of drug-likeness (QED) is 0.837. The Kier molecular flexibility index (Phi) is 6.19. The maximum Gasteiger partial charge on any atom is 0.303 e. The standard InChI is InChI=1S/C17H27N3O3/c1-3-13(4-2)20-15(10-11-18-20)17(23)19-12-6-5-7-14(19)8-9-16(21)22/h10-11,13-14H,3-9,12H2,1-2H3,(H,21,22). The van der Waals surface area contributed by atoms with Crippen LogP contribution in [-0.2, 0) is 4.79 Å². The normalized spacial score (nSPS) is 18.4. The number of carboxylic acid groups (broad SMARTS) is 1. The summed E-state index contributed by atoms with van der Waals surface area (Å²) in [5.74, 6) is -0.811. The van der Waals surface area contributed by atoms with Crippen molar-refractivity contribution in [2.24, 2.45) is 0 Å². The number of hydrogen-bond acceptors (Lipinski definition) is 3. The summed E-state index contributed by atoms with van der Waals surface area (Å²) in [7, 11) is 0. The molecule has 2 heterocycles. The Bertz CT molecular complexity index is 537. The molecule has 1 aliphatic rings. The number of hydrogen-bond donors (Lipinski definition) is 1. The minimum atomic E-state index is -0.801. The van der Waals surface area contributed by atoms with Crippen molar-refractivity contribution in [3.05, 3.63) is 18.0 Å². The van der Waals surface area contributed by atoms with Crippen LogP contribution in [0.4, 0.5) is 0 Å². The van der Waals surface area contributed by atoms with Crippen LogP contribution >= 0.6 is 0 Å². The first kappa shape index (κ1) is 17.5. The third-order valence-corrected chi connectivity index (χ3v) is 4.76. The minimum absolute atomic E-state index is 0.00973. The molecule has 0 saturated carbocycles. The summed E-state index contributed by atoms with van der Waals surface area (Å²) in [6.07, 6.45) is 7.11. The molecule has 0 aromatic carbocycles. The molecule has 128 valence electrons. The van der Waals surface area contributed by atoms with E-state index in [0.717, 1.165) is 32.1 Å². The Morgan fingerprint density at radius 2 is 2.09 bits per heavy atom. The van der Waals surface area contributed by atoms with Crippen molar-refractivity contribution in [2.45, 2.75) is 70.9 Å². The van der Waals surface area contributed by atoms with Crippen LogP contribution in [0.3, 0.4) is 0 Å². The van der Waals surface area contributed by atoms with E-state index in [1.54, 1.807) is 12.3 Å². The molecule has 1 saturated heterocycles. The van der Waals surface area contributed by atoms with Gasteiger partial charge in [0.15, 0.2) is 0 Å². The van der Waals surface area contributed by atoms with Gasteiger partial charge in [0.25, 0.3) is 5.91 Å². The molecule has 0 radical (unpaired) electrons. The topological polar surface area (TPSA) is 75.4 Å². The number of likely N-dealkylation sites (tertiary alicyclic amines) is 1. The van der Waals surface area contributed by atoms with Crippen molar-refractivity contribution in [1.82, 2.24) is 14.7 Å². The average Bonchev–Trinajstić information content (AvgIpc) is 3.03. The Balaban J connectivity index is 2.17. The summed E-state index contributed by atoms with van der Waals surface area (Å²) in [6.45, 7) is 4.90. The van der Waals surface area contributed by atoms with Gasteiger partial charge < -0.3 is 10.0 Å². The molecule has 1 atom stereocenters. The van der Waals surface area contributed by atoms with E-state index < -0.39 is 5.97 Å². The number of carboxylic acids is 1. The third kappa shape index (κ3) is 4.12. The van der Waals surface area contributed by atoms with Crippen LogP contribution in [0.2, 0.25) is 0 Å². The van der Waals surface area contributed by atoms with Crippen molar-refractivity contribution >= 4 is 11.9 Å². The van der Waals surface area contributed by atoms with E-state index in [9.17, 15) is 9.59 Å². The van der Waals surface area contributed by atoms with Crippen LogP contribution in [0, 0.1) is 0 Å². The number of aliphatic carboxylic acids is 1. The fourth-order valence-electron chi connectivity index (χ4n) is 3.41. The molecule has 1 aromatic heterocycles. The van der Waals surface area contributed by atoms with E-state index in [0.29, 0.717) is 18.7 Å². The highest BCUT2D eigenvalue weighted by Crippen LogP contribution is 2.25. The molecular weight excluding hydrogens is 294 g/mol. The lowest BCUT2D eigenvalue weighted by molar-refractivity contribution is -0.137. The van der Waals surface area contributed by atoms with E-state index in [4.69, 9.17) is 5.11 Å². The Morgan fingerprint density at radius 3 is 2.74 bits per heavy atom. The SMILES string of the molecule is CCC(CC)n1nccc1C(=O)N1CCCCC1CCC(=O)O. The molecule has 6 nitrogen and oxygen atoms in total. The molecule has 6 heteroatoms. The lowest BCUT2D eigenvalue weighted by atomic mass is 9.97. The van der Waals surface area contributed by atoms with Crippen molar-refractivity contribution < 1.29 is 14.7 Å². The molecule has 1 unspecified atom stereocenters. The maximum atomic E-state index is 13.0. The fourth-order valence-corrected chi connectivity index (χ4v) is 3.41. The summed E-state index contributed by atoms with van der Waals surface area (Å²) >= 11 is 0. The number of carbonyl (C=O) groups excluding carboxylic acids is 1. The first-order valence-electron chi connectivity index (χ1n) is 8.64. The average molecular weight is 321 g/mol. The molecule has 1 amide bonds. The van der Waals surface area contributed by atoms with E-state index in [1.165, 1.54) is 0 Å². The van der Waals surface area contributed by atoms with Crippen molar-refractivity contribution in [1.29, 1.82) is 0 Å². The van der Waals surface area contributed by atoms with Crippen LogP contribution in [-0.4, -0.2) is 44.3 Å². The van der Waals surface area contributed by atoms with E-state index >= 15 is 0 Å². The lowest BCUT2D eigenvalue weighted by Gasteiger charge is -2.36. The fraction of sp³-hybridized carbons (Fsp3) is 0.706. The van der Waals surface area contributed by atoms with Crippen molar-refractivity contribution in [2.75, 3.05) is 6.54 Å². The summed E-state index contributed by atoms with van der Waals surface area (Å²) in [5.41, 5.74) is 0.626. The minimum Gasteiger partial charge on any atom is -0.481 e. The second-order valence-electron chi connectivity index (χ2n) is 6.21. The van der Waals surface area contributed by atoms with Crippen LogP contribution in [0.5, 0.6) is 0 Å². The second-order valence-corrected chi connectivity index (χ2v) is 6.21. The van der Waals surface area contributed by atoms with Crippen LogP contribution < -0.4 is 0 Å². The van der Waals surface area contributed by atoms with E-state index in [2.05, 4.69) is 18.9 Å². The van der Waals surface area contributed by atoms with Gasteiger partial charge in [-0.1, -0.05) is 13.8 Å². The van der Waals surface area contributed by atoms with Crippen LogP contribution in [0.25, 0.3) is 0 Å². The predicted molar refractivity (Wildman–Crippen MR) is 87.4 cm³/mol. The largest absolute Gasteiger partial charge is 0.481 e. The van der Waals surface area contributed by atoms with Gasteiger partial charge in [-0.25, -0.2) is 0 Å². The molecule has 1 N–H and O–H groups in total. The van der Waals surface area contributed by atoms with Gasteiger partial charge in [0.1, 0.15) is 5.69 Å². The highest BCUT2D eigenvalue weighted by Gasteiger charge is 2.30. The molecule has 0 spiro atoms. The lowest BCUT2D eigenvalue weighted by Crippen LogP contribution is -2.44. The number of carbonyl (C=O) groups is 2. The predicted octanol–water partition coefficient (Wildman–Crippen LogP) is 3.10. The number of rotatable bonds is 7. The Labute approximate surface area is 137 Å².